The number of nitrogens with zero attached hydrogens (tertiary/aromatic N) is 1. The molecule has 0 atom stereocenters. The van der Waals surface area contributed by atoms with E-state index in [2.05, 4.69) is 4.74 Å². The maximum atomic E-state index is 11.0. The minimum absolute atomic E-state index is 0.0156. The molecule has 1 heterocycles. The summed E-state index contributed by atoms with van der Waals surface area (Å²) < 4.78 is 9.99. The summed E-state index contributed by atoms with van der Waals surface area (Å²) in [7, 11) is 2.71. The average molecular weight is 184 g/mol. The van der Waals surface area contributed by atoms with Crippen LogP contribution in [0.3, 0.4) is 0 Å². The van der Waals surface area contributed by atoms with Crippen molar-refractivity contribution in [2.24, 2.45) is 0 Å². The molecule has 0 saturated heterocycles. The zero-order valence-corrected chi connectivity index (χ0v) is 7.35. The van der Waals surface area contributed by atoms with E-state index in [1.54, 1.807) is 0 Å². The van der Waals surface area contributed by atoms with Crippen LogP contribution in [0.15, 0.2) is 18.3 Å². The maximum absolute atomic E-state index is 11.0. The Morgan fingerprint density at radius 1 is 1.54 bits per heavy atom. The first-order valence-corrected chi connectivity index (χ1v) is 3.56. The summed E-state index contributed by atoms with van der Waals surface area (Å²) in [6, 6.07) is 2.90. The van der Waals surface area contributed by atoms with Crippen molar-refractivity contribution in [2.45, 2.75) is 0 Å². The van der Waals surface area contributed by atoms with E-state index >= 15 is 0 Å². The zero-order valence-electron chi connectivity index (χ0n) is 7.35. The highest BCUT2D eigenvalue weighted by molar-refractivity contribution is 5.85. The Bertz CT molecular complexity index is 324. The number of ether oxygens (including phenoxy) is 2. The predicted octanol–water partition coefficient (Wildman–Crippen LogP) is 0.00660. The van der Waals surface area contributed by atoms with Crippen molar-refractivity contribution in [1.82, 2.24) is 0 Å². The van der Waals surface area contributed by atoms with Gasteiger partial charge in [-0.15, -0.1) is 0 Å². The highest BCUT2D eigenvalue weighted by atomic mass is 16.5. The minimum Gasteiger partial charge on any atom is -0.496 e. The third-order valence-corrected chi connectivity index (χ3v) is 1.54. The van der Waals surface area contributed by atoms with Crippen LogP contribution in [0.2, 0.25) is 0 Å². The van der Waals surface area contributed by atoms with Gasteiger partial charge >= 0.3 is 11.7 Å². The molecule has 0 spiro atoms. The van der Waals surface area contributed by atoms with E-state index in [0.717, 1.165) is 0 Å². The SMILES string of the molecule is COC(=O)c1cc(OC)cc[n+]1O. The standard InChI is InChI=1S/C8H10NO4/c1-12-6-3-4-9(11)7(5-6)8(10)13-2/h3-5,11H,1-2H3/q+1. The molecule has 5 nitrogen and oxygen atoms in total. The van der Waals surface area contributed by atoms with Crippen LogP contribution in [-0.4, -0.2) is 25.4 Å². The number of esters is 1. The third kappa shape index (κ3) is 1.87. The molecule has 70 valence electrons. The molecule has 0 amide bonds. The molecule has 0 aliphatic rings. The number of hydrogen-bond acceptors (Lipinski definition) is 4. The van der Waals surface area contributed by atoms with Gasteiger partial charge in [-0.1, -0.05) is 0 Å². The van der Waals surface area contributed by atoms with Crippen molar-refractivity contribution in [3.63, 3.8) is 0 Å². The zero-order chi connectivity index (χ0) is 9.84. The fraction of sp³-hybridized carbons (Fsp3) is 0.250. The number of rotatable bonds is 2. The van der Waals surface area contributed by atoms with Crippen LogP contribution in [0.25, 0.3) is 0 Å². The van der Waals surface area contributed by atoms with Gasteiger partial charge in [-0.2, -0.15) is 0 Å². The highest BCUT2D eigenvalue weighted by Gasteiger charge is 2.21. The molecule has 1 N–H and O–H groups in total. The summed E-state index contributed by atoms with van der Waals surface area (Å²) in [5.41, 5.74) is 0.0156. The number of carbonyl (C=O) groups excluding carboxylic acids is 1. The first-order chi connectivity index (χ1) is 6.19. The summed E-state index contributed by atoms with van der Waals surface area (Å²) >= 11 is 0. The van der Waals surface area contributed by atoms with E-state index in [0.29, 0.717) is 10.5 Å². The van der Waals surface area contributed by atoms with E-state index in [1.807, 2.05) is 0 Å². The first-order valence-electron chi connectivity index (χ1n) is 3.56. The smallest absolute Gasteiger partial charge is 0.408 e. The molecular weight excluding hydrogens is 174 g/mol. The molecule has 5 heteroatoms. The second-order valence-electron chi connectivity index (χ2n) is 2.29. The number of carbonyl (C=O) groups is 1. The average Bonchev–Trinajstić information content (AvgIpc) is 2.17. The van der Waals surface area contributed by atoms with Gasteiger partial charge < -0.3 is 9.47 Å². The Hall–Kier alpha value is -1.78. The Balaban J connectivity index is 3.11. The van der Waals surface area contributed by atoms with Crippen LogP contribution in [0.1, 0.15) is 10.5 Å². The fourth-order valence-corrected chi connectivity index (χ4v) is 0.857. The van der Waals surface area contributed by atoms with Crippen LogP contribution < -0.4 is 9.47 Å². The van der Waals surface area contributed by atoms with Crippen molar-refractivity contribution in [3.05, 3.63) is 24.0 Å². The molecule has 1 rings (SSSR count). The van der Waals surface area contributed by atoms with Crippen LogP contribution in [0.4, 0.5) is 0 Å². The molecule has 0 fully saturated rings. The largest absolute Gasteiger partial charge is 0.496 e. The van der Waals surface area contributed by atoms with Gasteiger partial charge in [0, 0.05) is 10.8 Å². The van der Waals surface area contributed by atoms with E-state index in [4.69, 9.17) is 4.74 Å². The number of hydrogen-bond donors (Lipinski definition) is 1. The molecule has 0 aliphatic heterocycles. The lowest BCUT2D eigenvalue weighted by Gasteiger charge is -1.98. The summed E-state index contributed by atoms with van der Waals surface area (Å²) in [5, 5.41) is 9.19. The minimum atomic E-state index is -0.624. The van der Waals surface area contributed by atoms with Crippen molar-refractivity contribution in [1.29, 1.82) is 0 Å². The topological polar surface area (TPSA) is 59.6 Å². The van der Waals surface area contributed by atoms with Crippen molar-refractivity contribution in [3.8, 4) is 5.75 Å². The van der Waals surface area contributed by atoms with E-state index in [-0.39, 0.29) is 5.69 Å². The summed E-state index contributed by atoms with van der Waals surface area (Å²) in [6.07, 6.45) is 1.30. The Morgan fingerprint density at radius 2 is 2.23 bits per heavy atom. The summed E-state index contributed by atoms with van der Waals surface area (Å²) in [4.78, 5) is 11.0. The third-order valence-electron chi connectivity index (χ3n) is 1.54. The van der Waals surface area contributed by atoms with E-state index in [9.17, 15) is 10.0 Å². The predicted molar refractivity (Wildman–Crippen MR) is 41.7 cm³/mol. The van der Waals surface area contributed by atoms with Crippen LogP contribution >= 0.6 is 0 Å². The Kier molecular flexibility index (Phi) is 2.69. The van der Waals surface area contributed by atoms with Crippen molar-refractivity contribution in [2.75, 3.05) is 14.2 Å². The van der Waals surface area contributed by atoms with Crippen molar-refractivity contribution < 1.29 is 24.2 Å². The molecule has 0 radical (unpaired) electrons. The Labute approximate surface area is 75.1 Å². The molecule has 1 aromatic rings. The van der Waals surface area contributed by atoms with Gasteiger partial charge in [-0.25, -0.2) is 4.79 Å². The van der Waals surface area contributed by atoms with Gasteiger partial charge in [0.05, 0.1) is 20.3 Å². The van der Waals surface area contributed by atoms with Gasteiger partial charge in [0.2, 0.25) is 6.20 Å². The quantitative estimate of drug-likeness (QED) is 0.399. The monoisotopic (exact) mass is 184 g/mol. The highest BCUT2D eigenvalue weighted by Crippen LogP contribution is 2.08. The van der Waals surface area contributed by atoms with Gasteiger partial charge in [0.25, 0.3) is 0 Å². The molecule has 0 aromatic carbocycles. The second-order valence-corrected chi connectivity index (χ2v) is 2.29. The first kappa shape index (κ1) is 9.31. The molecule has 0 bridgehead atoms. The van der Waals surface area contributed by atoms with Gasteiger partial charge in [-0.05, 0) is 0 Å². The number of methoxy groups -OCH3 is 2. The molecule has 13 heavy (non-hydrogen) atoms. The molecule has 1 aromatic heterocycles. The lowest BCUT2D eigenvalue weighted by molar-refractivity contribution is -0.906. The normalized spacial score (nSPS) is 9.38. The number of aromatic nitrogens is 1. The molecular formula is C8H10NO4+. The van der Waals surface area contributed by atoms with Crippen LogP contribution in [-0.2, 0) is 4.74 Å². The second kappa shape index (κ2) is 3.75. The van der Waals surface area contributed by atoms with Crippen LogP contribution in [0.5, 0.6) is 5.75 Å². The fourth-order valence-electron chi connectivity index (χ4n) is 0.857. The lowest BCUT2D eigenvalue weighted by Crippen LogP contribution is -2.37. The van der Waals surface area contributed by atoms with Gasteiger partial charge in [0.15, 0.2) is 0 Å². The summed E-state index contributed by atoms with van der Waals surface area (Å²) in [6.45, 7) is 0. The summed E-state index contributed by atoms with van der Waals surface area (Å²) in [5.74, 6) is -0.146. The van der Waals surface area contributed by atoms with E-state index < -0.39 is 5.97 Å². The molecule has 0 saturated carbocycles. The van der Waals surface area contributed by atoms with Gasteiger partial charge in [0.1, 0.15) is 5.75 Å². The van der Waals surface area contributed by atoms with Crippen molar-refractivity contribution >= 4 is 5.97 Å². The van der Waals surface area contributed by atoms with E-state index in [1.165, 1.54) is 32.5 Å². The van der Waals surface area contributed by atoms with Gasteiger partial charge in [-0.3, -0.25) is 5.21 Å². The lowest BCUT2D eigenvalue weighted by atomic mass is 10.3. The van der Waals surface area contributed by atoms with Crippen LogP contribution in [0, 0.1) is 0 Å². The number of pyridine rings is 1. The molecule has 0 aliphatic carbocycles. The Morgan fingerprint density at radius 3 is 2.77 bits per heavy atom. The maximum Gasteiger partial charge on any atom is 0.408 e. The molecule has 0 unspecified atom stereocenters.